The Morgan fingerprint density at radius 3 is 2.25 bits per heavy atom. The third-order valence-corrected chi connectivity index (χ3v) is 1.35. The van der Waals surface area contributed by atoms with E-state index < -0.39 is 12.0 Å². The number of rotatable bonds is 2. The Hall–Kier alpha value is -0.0900. The second-order valence-corrected chi connectivity index (χ2v) is 2.99. The smallest absolute Gasteiger partial charge is 0.321 e. The second-order valence-electron chi connectivity index (χ2n) is 1.54. The first-order chi connectivity index (χ1) is 3.55. The molecule has 0 amide bonds. The van der Waals surface area contributed by atoms with Crippen molar-refractivity contribution in [2.45, 2.75) is 17.8 Å². The molecule has 0 aliphatic heterocycles. The molecule has 0 heterocycles. The van der Waals surface area contributed by atoms with Crippen LogP contribution in [-0.4, -0.2) is 21.9 Å². The minimum Gasteiger partial charge on any atom is -0.480 e. The number of halogens is 1. The molecule has 0 aromatic heterocycles. The molecule has 0 saturated heterocycles. The van der Waals surface area contributed by atoms with E-state index in [9.17, 15) is 4.79 Å². The Bertz CT molecular complexity index is 94.0. The predicted molar refractivity (Wildman–Crippen MR) is 34.0 cm³/mol. The summed E-state index contributed by atoms with van der Waals surface area (Å²) >= 11 is 3.03. The summed E-state index contributed by atoms with van der Waals surface area (Å²) in [5.41, 5.74) is 5.11. The van der Waals surface area contributed by atoms with Crippen LogP contribution in [0.15, 0.2) is 0 Å². The largest absolute Gasteiger partial charge is 0.480 e. The van der Waals surface area contributed by atoms with Crippen LogP contribution in [0, 0.1) is 0 Å². The molecule has 0 aromatic rings. The fraction of sp³-hybridized carbons (Fsp3) is 0.750. The van der Waals surface area contributed by atoms with E-state index in [2.05, 4.69) is 15.9 Å². The lowest BCUT2D eigenvalue weighted by Crippen LogP contribution is -2.36. The van der Waals surface area contributed by atoms with Gasteiger partial charge in [-0.25, -0.2) is 0 Å². The van der Waals surface area contributed by atoms with Crippen LogP contribution in [0.2, 0.25) is 0 Å². The van der Waals surface area contributed by atoms with Crippen LogP contribution in [-0.2, 0) is 4.79 Å². The zero-order valence-electron chi connectivity index (χ0n) is 4.47. The summed E-state index contributed by atoms with van der Waals surface area (Å²) in [6.45, 7) is 1.69. The van der Waals surface area contributed by atoms with Gasteiger partial charge in [0, 0.05) is 4.83 Å². The zero-order chi connectivity index (χ0) is 6.73. The van der Waals surface area contributed by atoms with Gasteiger partial charge >= 0.3 is 5.97 Å². The van der Waals surface area contributed by atoms with E-state index >= 15 is 0 Å². The van der Waals surface area contributed by atoms with Crippen molar-refractivity contribution < 1.29 is 9.90 Å². The van der Waals surface area contributed by atoms with Crippen molar-refractivity contribution in [3.63, 3.8) is 0 Å². The van der Waals surface area contributed by atoms with Gasteiger partial charge in [0.1, 0.15) is 6.04 Å². The number of alkyl halides is 1. The quantitative estimate of drug-likeness (QED) is 0.598. The first kappa shape index (κ1) is 7.91. The Morgan fingerprint density at radius 1 is 1.88 bits per heavy atom. The lowest BCUT2D eigenvalue weighted by atomic mass is 10.2. The molecule has 0 spiro atoms. The van der Waals surface area contributed by atoms with Crippen molar-refractivity contribution in [1.29, 1.82) is 0 Å². The second kappa shape index (κ2) is 3.04. The Morgan fingerprint density at radius 2 is 2.25 bits per heavy atom. The van der Waals surface area contributed by atoms with Crippen molar-refractivity contribution in [2.24, 2.45) is 5.73 Å². The average Bonchev–Trinajstić information content (AvgIpc) is 1.64. The molecule has 0 bridgehead atoms. The fourth-order valence-corrected chi connectivity index (χ4v) is 0.423. The van der Waals surface area contributed by atoms with Crippen LogP contribution in [0.3, 0.4) is 0 Å². The number of nitrogens with two attached hydrogens (primary N) is 1. The Kier molecular flexibility index (Phi) is 3.01. The summed E-state index contributed by atoms with van der Waals surface area (Å²) in [6, 6.07) is -0.796. The molecule has 2 atom stereocenters. The van der Waals surface area contributed by atoms with Crippen LogP contribution >= 0.6 is 15.9 Å². The molecule has 0 aliphatic carbocycles. The van der Waals surface area contributed by atoms with E-state index in [1.165, 1.54) is 0 Å². The topological polar surface area (TPSA) is 63.3 Å². The molecule has 0 radical (unpaired) electrons. The van der Waals surface area contributed by atoms with Crippen molar-refractivity contribution >= 4 is 21.9 Å². The molecule has 4 heteroatoms. The summed E-state index contributed by atoms with van der Waals surface area (Å²) < 4.78 is 0. The molecule has 3 N–H and O–H groups in total. The zero-order valence-corrected chi connectivity index (χ0v) is 6.05. The normalized spacial score (nSPS) is 17.4. The molecule has 0 saturated carbocycles. The van der Waals surface area contributed by atoms with E-state index in [1.807, 2.05) is 0 Å². The maximum absolute atomic E-state index is 9.99. The van der Waals surface area contributed by atoms with E-state index in [4.69, 9.17) is 10.8 Å². The van der Waals surface area contributed by atoms with Gasteiger partial charge in [-0.2, -0.15) is 0 Å². The van der Waals surface area contributed by atoms with E-state index in [1.54, 1.807) is 6.92 Å². The van der Waals surface area contributed by atoms with Crippen molar-refractivity contribution in [3.05, 3.63) is 0 Å². The average molecular weight is 182 g/mol. The van der Waals surface area contributed by atoms with Crippen LogP contribution in [0.1, 0.15) is 6.92 Å². The molecule has 3 nitrogen and oxygen atoms in total. The molecular weight excluding hydrogens is 174 g/mol. The highest BCUT2D eigenvalue weighted by Gasteiger charge is 2.15. The Labute approximate surface area is 56.0 Å². The molecule has 0 aliphatic rings. The van der Waals surface area contributed by atoms with Gasteiger partial charge in [0.15, 0.2) is 0 Å². The maximum Gasteiger partial charge on any atom is 0.321 e. The lowest BCUT2D eigenvalue weighted by Gasteiger charge is -2.06. The van der Waals surface area contributed by atoms with Crippen molar-refractivity contribution in [2.75, 3.05) is 0 Å². The van der Waals surface area contributed by atoms with Gasteiger partial charge in [-0.15, -0.1) is 0 Å². The number of hydrogen-bond acceptors (Lipinski definition) is 2. The van der Waals surface area contributed by atoms with Gasteiger partial charge in [0.25, 0.3) is 0 Å². The summed E-state index contributed by atoms with van der Waals surface area (Å²) in [6.07, 6.45) is 0. The first-order valence-electron chi connectivity index (χ1n) is 2.18. The van der Waals surface area contributed by atoms with Crippen LogP contribution < -0.4 is 5.73 Å². The summed E-state index contributed by atoms with van der Waals surface area (Å²) in [7, 11) is 0. The van der Waals surface area contributed by atoms with E-state index in [0.717, 1.165) is 0 Å². The van der Waals surface area contributed by atoms with Gasteiger partial charge in [-0.3, -0.25) is 4.79 Å². The standard InChI is InChI=1S/C4H8BrNO2/c1-2(5)3(6)4(7)8/h2-3H,6H2,1H3,(H,7,8). The van der Waals surface area contributed by atoms with Gasteiger partial charge in [-0.1, -0.05) is 22.9 Å². The lowest BCUT2D eigenvalue weighted by molar-refractivity contribution is -0.138. The molecule has 48 valence electrons. The van der Waals surface area contributed by atoms with E-state index in [0.29, 0.717) is 0 Å². The van der Waals surface area contributed by atoms with Crippen molar-refractivity contribution in [1.82, 2.24) is 0 Å². The number of carboxylic acids is 1. The highest BCUT2D eigenvalue weighted by Crippen LogP contribution is 2.00. The summed E-state index contributed by atoms with van der Waals surface area (Å²) in [4.78, 5) is 9.82. The maximum atomic E-state index is 9.99. The monoisotopic (exact) mass is 181 g/mol. The number of aliphatic carboxylic acids is 1. The van der Waals surface area contributed by atoms with Crippen LogP contribution in [0.25, 0.3) is 0 Å². The van der Waals surface area contributed by atoms with Gasteiger partial charge in [0.2, 0.25) is 0 Å². The number of carboxylic acid groups (broad SMARTS) is 1. The SMILES string of the molecule is CC(Br)C(N)C(=O)O. The third kappa shape index (κ3) is 2.28. The predicted octanol–water partition coefficient (Wildman–Crippen LogP) is 0.182. The number of hydrogen-bond donors (Lipinski definition) is 2. The third-order valence-electron chi connectivity index (χ3n) is 0.780. The molecule has 2 unspecified atom stereocenters. The molecule has 0 aromatic carbocycles. The van der Waals surface area contributed by atoms with Crippen LogP contribution in [0.5, 0.6) is 0 Å². The molecule has 8 heavy (non-hydrogen) atoms. The molecule has 0 fully saturated rings. The minimum atomic E-state index is -0.977. The van der Waals surface area contributed by atoms with Gasteiger partial charge in [-0.05, 0) is 0 Å². The summed E-state index contributed by atoms with van der Waals surface area (Å²) in [5.74, 6) is -0.977. The first-order valence-corrected chi connectivity index (χ1v) is 3.09. The number of carbonyl (C=O) groups is 1. The van der Waals surface area contributed by atoms with Gasteiger partial charge < -0.3 is 10.8 Å². The fourth-order valence-electron chi connectivity index (χ4n) is 0.196. The van der Waals surface area contributed by atoms with Crippen LogP contribution in [0.4, 0.5) is 0 Å². The molecule has 0 rings (SSSR count). The van der Waals surface area contributed by atoms with Gasteiger partial charge in [0.05, 0.1) is 0 Å². The Balaban J connectivity index is 3.64. The van der Waals surface area contributed by atoms with E-state index in [-0.39, 0.29) is 4.83 Å². The summed E-state index contributed by atoms with van der Waals surface area (Å²) in [5, 5.41) is 8.20. The highest BCUT2D eigenvalue weighted by atomic mass is 79.9. The van der Waals surface area contributed by atoms with Crippen molar-refractivity contribution in [3.8, 4) is 0 Å². The highest BCUT2D eigenvalue weighted by molar-refractivity contribution is 9.09. The molecular formula is C4H8BrNO2. The minimum absolute atomic E-state index is 0.167.